The zero-order valence-corrected chi connectivity index (χ0v) is 10.6. The number of rotatable bonds is 4. The van der Waals surface area contributed by atoms with E-state index in [0.717, 1.165) is 31.6 Å². The molecule has 1 fully saturated rings. The van der Waals surface area contributed by atoms with Crippen LogP contribution in [0.15, 0.2) is 18.2 Å². The van der Waals surface area contributed by atoms with E-state index in [9.17, 15) is 4.39 Å². The SMILES string of the molecule is COCOc1ccc(F)cc1N1CCC(N)CC1. The lowest BCUT2D eigenvalue weighted by molar-refractivity contribution is 0.0513. The number of methoxy groups -OCH3 is 1. The summed E-state index contributed by atoms with van der Waals surface area (Å²) in [4.78, 5) is 2.11. The maximum Gasteiger partial charge on any atom is 0.188 e. The molecule has 0 radical (unpaired) electrons. The largest absolute Gasteiger partial charge is 0.465 e. The number of benzene rings is 1. The molecule has 0 amide bonds. The van der Waals surface area contributed by atoms with Crippen LogP contribution in [0.25, 0.3) is 0 Å². The van der Waals surface area contributed by atoms with Crippen LogP contribution in [0.5, 0.6) is 5.75 Å². The second-order valence-electron chi connectivity index (χ2n) is 4.49. The van der Waals surface area contributed by atoms with Gasteiger partial charge < -0.3 is 20.1 Å². The highest BCUT2D eigenvalue weighted by atomic mass is 19.1. The Hall–Kier alpha value is -1.33. The van der Waals surface area contributed by atoms with Crippen LogP contribution in [0.3, 0.4) is 0 Å². The molecule has 1 aromatic carbocycles. The van der Waals surface area contributed by atoms with Crippen LogP contribution in [0, 0.1) is 5.82 Å². The molecule has 4 nitrogen and oxygen atoms in total. The van der Waals surface area contributed by atoms with E-state index in [-0.39, 0.29) is 18.7 Å². The molecule has 2 rings (SSSR count). The van der Waals surface area contributed by atoms with Crippen LogP contribution < -0.4 is 15.4 Å². The zero-order valence-electron chi connectivity index (χ0n) is 10.6. The topological polar surface area (TPSA) is 47.7 Å². The third kappa shape index (κ3) is 3.11. The molecule has 0 saturated carbocycles. The molecular weight excluding hydrogens is 235 g/mol. The summed E-state index contributed by atoms with van der Waals surface area (Å²) in [5.74, 6) is 0.387. The molecule has 1 aliphatic rings. The van der Waals surface area contributed by atoms with Gasteiger partial charge in [0.25, 0.3) is 0 Å². The molecule has 2 N–H and O–H groups in total. The third-order valence-corrected chi connectivity index (χ3v) is 3.13. The predicted molar refractivity (Wildman–Crippen MR) is 68.3 cm³/mol. The van der Waals surface area contributed by atoms with E-state index >= 15 is 0 Å². The van der Waals surface area contributed by atoms with E-state index in [2.05, 4.69) is 4.90 Å². The third-order valence-electron chi connectivity index (χ3n) is 3.13. The van der Waals surface area contributed by atoms with Crippen molar-refractivity contribution >= 4 is 5.69 Å². The van der Waals surface area contributed by atoms with Gasteiger partial charge in [-0.05, 0) is 25.0 Å². The summed E-state index contributed by atoms with van der Waals surface area (Å²) in [5.41, 5.74) is 6.65. The maximum absolute atomic E-state index is 13.4. The molecular formula is C13H19FN2O2. The number of hydrogen-bond donors (Lipinski definition) is 1. The number of halogens is 1. The van der Waals surface area contributed by atoms with Crippen molar-refractivity contribution in [2.45, 2.75) is 18.9 Å². The molecule has 0 atom stereocenters. The molecule has 1 heterocycles. The highest BCUT2D eigenvalue weighted by Gasteiger charge is 2.19. The van der Waals surface area contributed by atoms with Crippen LogP contribution in [-0.4, -0.2) is 33.0 Å². The van der Waals surface area contributed by atoms with Crippen molar-refractivity contribution in [3.05, 3.63) is 24.0 Å². The van der Waals surface area contributed by atoms with Crippen molar-refractivity contribution in [3.63, 3.8) is 0 Å². The molecule has 18 heavy (non-hydrogen) atoms. The number of nitrogens with zero attached hydrogens (tertiary/aromatic N) is 1. The van der Waals surface area contributed by atoms with E-state index in [1.54, 1.807) is 13.2 Å². The zero-order chi connectivity index (χ0) is 13.0. The molecule has 1 aliphatic heterocycles. The summed E-state index contributed by atoms with van der Waals surface area (Å²) >= 11 is 0. The van der Waals surface area contributed by atoms with Gasteiger partial charge in [0, 0.05) is 32.3 Å². The van der Waals surface area contributed by atoms with Crippen molar-refractivity contribution in [2.75, 3.05) is 31.9 Å². The van der Waals surface area contributed by atoms with Crippen LogP contribution in [0.1, 0.15) is 12.8 Å². The van der Waals surface area contributed by atoms with Crippen LogP contribution in [0.2, 0.25) is 0 Å². The Labute approximate surface area is 106 Å². The summed E-state index contributed by atoms with van der Waals surface area (Å²) in [6.45, 7) is 1.81. The molecule has 0 spiro atoms. The van der Waals surface area contributed by atoms with Gasteiger partial charge in [0.1, 0.15) is 11.6 Å². The quantitative estimate of drug-likeness (QED) is 0.831. The van der Waals surface area contributed by atoms with Crippen molar-refractivity contribution in [3.8, 4) is 5.75 Å². The first-order valence-electron chi connectivity index (χ1n) is 6.12. The van der Waals surface area contributed by atoms with Gasteiger partial charge in [0.15, 0.2) is 6.79 Å². The molecule has 1 aromatic rings. The molecule has 0 aromatic heterocycles. The Morgan fingerprint density at radius 1 is 1.39 bits per heavy atom. The lowest BCUT2D eigenvalue weighted by Gasteiger charge is -2.33. The number of piperidine rings is 1. The van der Waals surface area contributed by atoms with E-state index in [1.807, 2.05) is 0 Å². The standard InChI is InChI=1S/C13H19FN2O2/c1-17-9-18-13-3-2-10(14)8-12(13)16-6-4-11(15)5-7-16/h2-3,8,11H,4-7,9,15H2,1H3. The Balaban J connectivity index is 2.16. The van der Waals surface area contributed by atoms with Crippen LogP contribution >= 0.6 is 0 Å². The van der Waals surface area contributed by atoms with Gasteiger partial charge in [-0.25, -0.2) is 4.39 Å². The van der Waals surface area contributed by atoms with Gasteiger partial charge in [0.05, 0.1) is 5.69 Å². The summed E-state index contributed by atoms with van der Waals surface area (Å²) in [6.07, 6.45) is 1.83. The smallest absolute Gasteiger partial charge is 0.188 e. The first kappa shape index (κ1) is 13.1. The number of hydrogen-bond acceptors (Lipinski definition) is 4. The summed E-state index contributed by atoms with van der Waals surface area (Å²) in [7, 11) is 1.56. The molecule has 0 bridgehead atoms. The van der Waals surface area contributed by atoms with Gasteiger partial charge >= 0.3 is 0 Å². The lowest BCUT2D eigenvalue weighted by atomic mass is 10.1. The minimum Gasteiger partial charge on any atom is -0.465 e. The van der Waals surface area contributed by atoms with Gasteiger partial charge in [-0.2, -0.15) is 0 Å². The van der Waals surface area contributed by atoms with Crippen molar-refractivity contribution in [1.82, 2.24) is 0 Å². The van der Waals surface area contributed by atoms with Crippen LogP contribution in [-0.2, 0) is 4.74 Å². The first-order chi connectivity index (χ1) is 8.70. The minimum absolute atomic E-state index is 0.159. The first-order valence-corrected chi connectivity index (χ1v) is 6.12. The average molecular weight is 254 g/mol. The number of anilines is 1. The average Bonchev–Trinajstić information content (AvgIpc) is 2.38. The fourth-order valence-corrected chi connectivity index (χ4v) is 2.12. The number of ether oxygens (including phenoxy) is 2. The fourth-order valence-electron chi connectivity index (χ4n) is 2.12. The van der Waals surface area contributed by atoms with Crippen molar-refractivity contribution < 1.29 is 13.9 Å². The monoisotopic (exact) mass is 254 g/mol. The van der Waals surface area contributed by atoms with Gasteiger partial charge in [-0.3, -0.25) is 0 Å². The normalized spacial score (nSPS) is 16.9. The van der Waals surface area contributed by atoms with E-state index in [4.69, 9.17) is 15.2 Å². The van der Waals surface area contributed by atoms with Crippen molar-refractivity contribution in [2.24, 2.45) is 5.73 Å². The highest BCUT2D eigenvalue weighted by molar-refractivity contribution is 5.59. The van der Waals surface area contributed by atoms with Crippen LogP contribution in [0.4, 0.5) is 10.1 Å². The molecule has 0 unspecified atom stereocenters. The Bertz CT molecular complexity index is 393. The maximum atomic E-state index is 13.4. The van der Waals surface area contributed by atoms with Gasteiger partial charge in [0.2, 0.25) is 0 Å². The summed E-state index contributed by atoms with van der Waals surface area (Å²) in [5, 5.41) is 0. The second kappa shape index (κ2) is 6.02. The fraction of sp³-hybridized carbons (Fsp3) is 0.538. The van der Waals surface area contributed by atoms with E-state index < -0.39 is 0 Å². The van der Waals surface area contributed by atoms with Gasteiger partial charge in [-0.15, -0.1) is 0 Å². The molecule has 0 aliphatic carbocycles. The lowest BCUT2D eigenvalue weighted by Crippen LogP contribution is -2.39. The summed E-state index contributed by atoms with van der Waals surface area (Å²) in [6, 6.07) is 4.78. The minimum atomic E-state index is -0.260. The number of nitrogens with two attached hydrogens (primary N) is 1. The summed E-state index contributed by atoms with van der Waals surface area (Å²) < 4.78 is 23.7. The van der Waals surface area contributed by atoms with Gasteiger partial charge in [-0.1, -0.05) is 0 Å². The highest BCUT2D eigenvalue weighted by Crippen LogP contribution is 2.31. The van der Waals surface area contributed by atoms with E-state index in [0.29, 0.717) is 5.75 Å². The molecule has 100 valence electrons. The Morgan fingerprint density at radius 2 is 2.11 bits per heavy atom. The molecule has 1 saturated heterocycles. The Morgan fingerprint density at radius 3 is 2.78 bits per heavy atom. The predicted octanol–water partition coefficient (Wildman–Crippen LogP) is 1.74. The van der Waals surface area contributed by atoms with Crippen molar-refractivity contribution in [1.29, 1.82) is 0 Å². The second-order valence-corrected chi connectivity index (χ2v) is 4.49. The molecule has 5 heteroatoms. The Kier molecular flexibility index (Phi) is 4.38. The van der Waals surface area contributed by atoms with E-state index in [1.165, 1.54) is 12.1 Å².